The Kier molecular flexibility index (Phi) is 3.42. The molecule has 2 aromatic heterocycles. The number of halogens is 1. The molecule has 1 saturated heterocycles. The minimum Gasteiger partial charge on any atom is -0.339 e. The van der Waals surface area contributed by atoms with Crippen molar-refractivity contribution in [3.8, 4) is 11.4 Å². The van der Waals surface area contributed by atoms with Crippen molar-refractivity contribution in [1.29, 1.82) is 0 Å². The highest BCUT2D eigenvalue weighted by atomic mass is 32.1. The highest BCUT2D eigenvalue weighted by Crippen LogP contribution is 2.29. The average molecular weight is 329 g/mol. The summed E-state index contributed by atoms with van der Waals surface area (Å²) >= 11 is 1.57. The zero-order chi connectivity index (χ0) is 15.8. The zero-order valence-corrected chi connectivity index (χ0v) is 12.8. The highest BCUT2D eigenvalue weighted by molar-refractivity contribution is 7.08. The summed E-state index contributed by atoms with van der Waals surface area (Å²) in [5, 5.41) is 7.86. The lowest BCUT2D eigenvalue weighted by Gasteiger charge is -2.37. The number of carbonyl (C=O) groups is 1. The quantitative estimate of drug-likeness (QED) is 0.740. The van der Waals surface area contributed by atoms with E-state index in [1.54, 1.807) is 28.4 Å². The van der Waals surface area contributed by atoms with Crippen molar-refractivity contribution in [3.63, 3.8) is 0 Å². The first-order valence-corrected chi connectivity index (χ1v) is 8.06. The van der Waals surface area contributed by atoms with Gasteiger partial charge in [-0.2, -0.15) is 16.3 Å². The van der Waals surface area contributed by atoms with Gasteiger partial charge in [-0.25, -0.2) is 4.39 Å². The molecule has 3 aromatic rings. The molecule has 0 bridgehead atoms. The van der Waals surface area contributed by atoms with Gasteiger partial charge in [0.15, 0.2) is 0 Å². The smallest absolute Gasteiger partial charge is 0.256 e. The number of hydrogen-bond donors (Lipinski definition) is 0. The van der Waals surface area contributed by atoms with Crippen LogP contribution in [0.4, 0.5) is 4.39 Å². The Balaban J connectivity index is 1.44. The van der Waals surface area contributed by atoms with Crippen LogP contribution in [0.25, 0.3) is 11.4 Å². The van der Waals surface area contributed by atoms with Crippen molar-refractivity contribution in [3.05, 3.63) is 58.4 Å². The van der Waals surface area contributed by atoms with E-state index >= 15 is 0 Å². The number of aromatic nitrogens is 2. The molecular formula is C16H12FN3O2S. The van der Waals surface area contributed by atoms with E-state index in [1.165, 1.54) is 12.1 Å². The fourth-order valence-electron chi connectivity index (χ4n) is 2.52. The summed E-state index contributed by atoms with van der Waals surface area (Å²) < 4.78 is 18.9. The molecule has 1 aliphatic rings. The topological polar surface area (TPSA) is 59.2 Å². The summed E-state index contributed by atoms with van der Waals surface area (Å²) in [6, 6.07) is 7.92. The van der Waals surface area contributed by atoms with E-state index in [-0.39, 0.29) is 17.4 Å². The van der Waals surface area contributed by atoms with Crippen LogP contribution in [0.1, 0.15) is 22.2 Å². The Morgan fingerprint density at radius 1 is 1.30 bits per heavy atom. The molecule has 7 heteroatoms. The molecule has 0 radical (unpaired) electrons. The largest absolute Gasteiger partial charge is 0.339 e. The third-order valence-electron chi connectivity index (χ3n) is 3.84. The Morgan fingerprint density at radius 3 is 2.87 bits per heavy atom. The van der Waals surface area contributed by atoms with Gasteiger partial charge in [0.05, 0.1) is 11.5 Å². The number of amides is 1. The Labute approximate surface area is 135 Å². The first-order chi connectivity index (χ1) is 11.2. The molecule has 1 amide bonds. The summed E-state index contributed by atoms with van der Waals surface area (Å²) in [5.74, 6) is 0.268. The molecule has 116 valence electrons. The predicted molar refractivity (Wildman–Crippen MR) is 82.7 cm³/mol. The minimum absolute atomic E-state index is 0.00519. The monoisotopic (exact) mass is 329 g/mol. The second-order valence-corrected chi connectivity index (χ2v) is 6.14. The first-order valence-electron chi connectivity index (χ1n) is 7.12. The molecule has 3 heterocycles. The molecule has 4 rings (SSSR count). The van der Waals surface area contributed by atoms with Crippen molar-refractivity contribution in [2.24, 2.45) is 0 Å². The second kappa shape index (κ2) is 5.58. The molecule has 1 aliphatic heterocycles. The van der Waals surface area contributed by atoms with Crippen LogP contribution in [0.3, 0.4) is 0 Å². The molecule has 1 aromatic carbocycles. The van der Waals surface area contributed by atoms with Crippen LogP contribution in [0.5, 0.6) is 0 Å². The van der Waals surface area contributed by atoms with Crippen molar-refractivity contribution in [1.82, 2.24) is 15.0 Å². The van der Waals surface area contributed by atoms with Crippen LogP contribution < -0.4 is 0 Å². The van der Waals surface area contributed by atoms with Gasteiger partial charge >= 0.3 is 0 Å². The normalized spacial score (nSPS) is 14.7. The molecule has 23 heavy (non-hydrogen) atoms. The van der Waals surface area contributed by atoms with Crippen LogP contribution in [0.15, 0.2) is 45.6 Å². The zero-order valence-electron chi connectivity index (χ0n) is 12.0. The lowest BCUT2D eigenvalue weighted by atomic mass is 9.98. The van der Waals surface area contributed by atoms with Gasteiger partial charge in [-0.05, 0) is 23.6 Å². The lowest BCUT2D eigenvalue weighted by Crippen LogP contribution is -2.48. The summed E-state index contributed by atoms with van der Waals surface area (Å²) in [4.78, 5) is 18.2. The molecule has 0 unspecified atom stereocenters. The van der Waals surface area contributed by atoms with Gasteiger partial charge in [0.25, 0.3) is 5.91 Å². The highest BCUT2D eigenvalue weighted by Gasteiger charge is 2.36. The van der Waals surface area contributed by atoms with Crippen molar-refractivity contribution < 1.29 is 13.7 Å². The predicted octanol–water partition coefficient (Wildman–Crippen LogP) is 3.18. The molecule has 0 saturated carbocycles. The van der Waals surface area contributed by atoms with Crippen molar-refractivity contribution >= 4 is 17.2 Å². The number of benzene rings is 1. The van der Waals surface area contributed by atoms with Gasteiger partial charge in [0, 0.05) is 24.0 Å². The summed E-state index contributed by atoms with van der Waals surface area (Å²) in [5.41, 5.74) is 1.01. The van der Waals surface area contributed by atoms with Crippen LogP contribution >= 0.6 is 11.3 Å². The number of likely N-dealkylation sites (tertiary alicyclic amines) is 1. The van der Waals surface area contributed by atoms with Crippen molar-refractivity contribution in [2.45, 2.75) is 5.92 Å². The minimum atomic E-state index is -0.501. The second-order valence-electron chi connectivity index (χ2n) is 5.36. The number of thiophene rings is 1. The van der Waals surface area contributed by atoms with E-state index in [0.29, 0.717) is 24.8 Å². The maximum Gasteiger partial charge on any atom is 0.256 e. The Hall–Kier alpha value is -2.54. The standard InChI is InChI=1S/C16H12FN3O2S/c17-13-4-2-1-3-12(13)16(21)20-7-11(8-20)15-18-14(19-22-15)10-5-6-23-9-10/h1-6,9,11H,7-8H2. The number of hydrogen-bond acceptors (Lipinski definition) is 5. The van der Waals surface area contributed by atoms with E-state index in [1.807, 2.05) is 16.8 Å². The van der Waals surface area contributed by atoms with Gasteiger partial charge in [-0.1, -0.05) is 17.3 Å². The van der Waals surface area contributed by atoms with Gasteiger partial charge < -0.3 is 9.42 Å². The van der Waals surface area contributed by atoms with Crippen molar-refractivity contribution in [2.75, 3.05) is 13.1 Å². The maximum atomic E-state index is 13.7. The van der Waals surface area contributed by atoms with Crippen LogP contribution in [0.2, 0.25) is 0 Å². The number of carbonyl (C=O) groups excluding carboxylic acids is 1. The van der Waals surface area contributed by atoms with Crippen LogP contribution in [-0.4, -0.2) is 34.0 Å². The molecule has 0 spiro atoms. The molecule has 0 atom stereocenters. The molecule has 5 nitrogen and oxygen atoms in total. The average Bonchev–Trinajstić information content (AvgIpc) is 3.17. The molecule has 0 aliphatic carbocycles. The lowest BCUT2D eigenvalue weighted by molar-refractivity contribution is 0.0564. The van der Waals surface area contributed by atoms with E-state index < -0.39 is 5.82 Å². The molecule has 0 N–H and O–H groups in total. The summed E-state index contributed by atoms with van der Waals surface area (Å²) in [6.45, 7) is 0.914. The first kappa shape index (κ1) is 14.1. The third-order valence-corrected chi connectivity index (χ3v) is 4.53. The fraction of sp³-hybridized carbons (Fsp3) is 0.188. The summed E-state index contributed by atoms with van der Waals surface area (Å²) in [6.07, 6.45) is 0. The van der Waals surface area contributed by atoms with Gasteiger partial charge in [-0.3, -0.25) is 4.79 Å². The van der Waals surface area contributed by atoms with Crippen LogP contribution in [0, 0.1) is 5.82 Å². The van der Waals surface area contributed by atoms with Crippen LogP contribution in [-0.2, 0) is 0 Å². The van der Waals surface area contributed by atoms with E-state index in [0.717, 1.165) is 5.56 Å². The van der Waals surface area contributed by atoms with Gasteiger partial charge in [-0.15, -0.1) is 0 Å². The Bertz CT molecular complexity index is 841. The van der Waals surface area contributed by atoms with Gasteiger partial charge in [0.2, 0.25) is 11.7 Å². The van der Waals surface area contributed by atoms with E-state index in [2.05, 4.69) is 10.1 Å². The molecule has 1 fully saturated rings. The Morgan fingerprint density at radius 2 is 2.13 bits per heavy atom. The molecular weight excluding hydrogens is 317 g/mol. The number of nitrogens with zero attached hydrogens (tertiary/aromatic N) is 3. The van der Waals surface area contributed by atoms with E-state index in [4.69, 9.17) is 4.52 Å². The van der Waals surface area contributed by atoms with E-state index in [9.17, 15) is 9.18 Å². The van der Waals surface area contributed by atoms with Gasteiger partial charge in [0.1, 0.15) is 5.82 Å². The maximum absolute atomic E-state index is 13.7. The SMILES string of the molecule is O=C(c1ccccc1F)N1CC(c2nc(-c3ccsc3)no2)C1. The summed E-state index contributed by atoms with van der Waals surface area (Å²) in [7, 11) is 0. The fourth-order valence-corrected chi connectivity index (χ4v) is 3.15. The third kappa shape index (κ3) is 2.53. The number of rotatable bonds is 3.